The number of ether oxygens (including phenoxy) is 1. The molecule has 2 aromatic rings. The molecule has 1 saturated carbocycles. The molecule has 0 aromatic carbocycles. The highest BCUT2D eigenvalue weighted by atomic mass is 31.3. The first-order chi connectivity index (χ1) is 16.2. The minimum Gasteiger partial charge on any atom is -0.378 e. The number of phosphoric ester groups is 1. The maximum absolute atomic E-state index is 15.9. The minimum absolute atomic E-state index is 0.110. The third-order valence-corrected chi connectivity index (χ3v) is 9.20. The summed E-state index contributed by atoms with van der Waals surface area (Å²) >= 11 is 0. The summed E-state index contributed by atoms with van der Waals surface area (Å²) in [6, 6.07) is 0. The molecule has 202 valence electrons. The lowest BCUT2D eigenvalue weighted by Crippen LogP contribution is -2.45. The number of hydrogen-bond donors (Lipinski definition) is 6. The van der Waals surface area contributed by atoms with Gasteiger partial charge in [0.25, 0.3) is 5.85 Å². The molecule has 18 nitrogen and oxygen atoms in total. The number of anilines is 2. The average molecular weight is 582 g/mol. The van der Waals surface area contributed by atoms with Crippen molar-refractivity contribution in [3.05, 3.63) is 6.33 Å². The lowest BCUT2D eigenvalue weighted by Gasteiger charge is -2.30. The number of phosphoric acid groups is 3. The van der Waals surface area contributed by atoms with E-state index in [1.807, 2.05) is 0 Å². The molecule has 2 aromatic heterocycles. The van der Waals surface area contributed by atoms with Crippen LogP contribution in [0.4, 0.5) is 20.5 Å². The highest BCUT2D eigenvalue weighted by Gasteiger charge is 2.96. The Balaban J connectivity index is 1.62. The smallest absolute Gasteiger partial charge is 0.378 e. The van der Waals surface area contributed by atoms with Gasteiger partial charge in [-0.05, 0) is 6.92 Å². The van der Waals surface area contributed by atoms with Crippen molar-refractivity contribution in [2.24, 2.45) is 0 Å². The maximum Gasteiger partial charge on any atom is 0.490 e. The zero-order chi connectivity index (χ0) is 27.3. The van der Waals surface area contributed by atoms with Crippen molar-refractivity contribution in [1.82, 2.24) is 19.5 Å². The average Bonchev–Trinajstić information content (AvgIpc) is 2.94. The van der Waals surface area contributed by atoms with Crippen LogP contribution in [0.15, 0.2) is 6.33 Å². The predicted molar refractivity (Wildman–Crippen MR) is 111 cm³/mol. The van der Waals surface area contributed by atoms with E-state index in [4.69, 9.17) is 20.3 Å². The number of nitrogens with zero attached hydrogens (tertiary/aromatic N) is 5. The number of nitrogens with two attached hydrogens (primary N) is 1. The Bertz CT molecular complexity index is 1390. The van der Waals surface area contributed by atoms with E-state index in [0.29, 0.717) is 6.92 Å². The first-order valence-electron chi connectivity index (χ1n) is 9.43. The molecule has 1 aliphatic heterocycles. The van der Waals surface area contributed by atoms with Crippen LogP contribution < -0.4 is 10.6 Å². The van der Waals surface area contributed by atoms with Crippen molar-refractivity contribution in [1.29, 1.82) is 0 Å². The van der Waals surface area contributed by atoms with Gasteiger partial charge in [-0.15, -0.1) is 0 Å². The number of aromatic nitrogens is 4. The molecule has 23 heteroatoms. The number of imidazole rings is 1. The molecule has 4 rings (SSSR count). The lowest BCUT2D eigenvalue weighted by molar-refractivity contribution is -0.157. The normalized spacial score (nSPS) is 35.3. The molecule has 0 bridgehead atoms. The highest BCUT2D eigenvalue weighted by Crippen LogP contribution is 2.75. The third kappa shape index (κ3) is 4.16. The van der Waals surface area contributed by atoms with Gasteiger partial charge < -0.3 is 40.1 Å². The van der Waals surface area contributed by atoms with Crippen LogP contribution in [0.3, 0.4) is 0 Å². The molecule has 36 heavy (non-hydrogen) atoms. The van der Waals surface area contributed by atoms with Crippen LogP contribution in [0, 0.1) is 0 Å². The molecule has 3 heterocycles. The molecule has 1 saturated heterocycles. The number of fused-ring (bicyclic) bond motifs is 2. The SMILES string of the molecule is CN(C)c1nc(N)nc2c1ncn2[C@@H]1O[C@]2(F)C(OP(=O)(O)OP(=O)(O)OP(=O)(O)O)[C@]2(O)[C@@]1(C)F. The molecule has 7 N–H and O–H groups in total. The Morgan fingerprint density at radius 3 is 2.25 bits per heavy atom. The van der Waals surface area contributed by atoms with E-state index in [0.717, 1.165) is 10.9 Å². The van der Waals surface area contributed by atoms with Crippen LogP contribution in [0.25, 0.3) is 11.2 Å². The predicted octanol–water partition coefficient (Wildman–Crippen LogP) is -0.146. The topological polar surface area (TPSA) is 262 Å². The lowest BCUT2D eigenvalue weighted by atomic mass is 9.97. The van der Waals surface area contributed by atoms with Gasteiger partial charge in [-0.2, -0.15) is 18.6 Å². The third-order valence-electron chi connectivity index (χ3n) is 5.40. The summed E-state index contributed by atoms with van der Waals surface area (Å²) in [5.41, 5.74) is -0.739. The molecule has 3 unspecified atom stereocenters. The number of hydrogen-bond acceptors (Lipinski definition) is 13. The molecular weight excluding hydrogens is 563 g/mol. The summed E-state index contributed by atoms with van der Waals surface area (Å²) in [7, 11) is -14.4. The Morgan fingerprint density at radius 2 is 1.75 bits per heavy atom. The molecular formula is C13H19F2N6O12P3. The van der Waals surface area contributed by atoms with E-state index in [1.54, 1.807) is 14.1 Å². The zero-order valence-electron chi connectivity index (χ0n) is 18.2. The van der Waals surface area contributed by atoms with Crippen LogP contribution in [0.2, 0.25) is 0 Å². The van der Waals surface area contributed by atoms with Crippen molar-refractivity contribution < 1.29 is 65.0 Å². The van der Waals surface area contributed by atoms with E-state index >= 15 is 8.78 Å². The number of halogens is 2. The van der Waals surface area contributed by atoms with Crippen molar-refractivity contribution in [2.75, 3.05) is 24.7 Å². The van der Waals surface area contributed by atoms with E-state index in [-0.39, 0.29) is 22.9 Å². The van der Waals surface area contributed by atoms with Crippen molar-refractivity contribution >= 4 is 46.4 Å². The zero-order valence-corrected chi connectivity index (χ0v) is 20.9. The number of rotatable bonds is 8. The van der Waals surface area contributed by atoms with E-state index in [2.05, 4.69) is 28.1 Å². The van der Waals surface area contributed by atoms with Crippen molar-refractivity contribution in [3.63, 3.8) is 0 Å². The summed E-state index contributed by atoms with van der Waals surface area (Å²) in [4.78, 5) is 49.5. The summed E-state index contributed by atoms with van der Waals surface area (Å²) in [6.07, 6.45) is -3.58. The Hall–Kier alpha value is -1.66. The second-order valence-electron chi connectivity index (χ2n) is 8.16. The van der Waals surface area contributed by atoms with Crippen LogP contribution in [-0.2, 0) is 31.6 Å². The van der Waals surface area contributed by atoms with Gasteiger partial charge >= 0.3 is 23.5 Å². The molecule has 1 aliphatic carbocycles. The van der Waals surface area contributed by atoms with E-state index < -0.39 is 52.9 Å². The molecule has 0 spiro atoms. The first-order valence-corrected chi connectivity index (χ1v) is 13.9. The van der Waals surface area contributed by atoms with Crippen LogP contribution in [-0.4, -0.2) is 81.5 Å². The second kappa shape index (κ2) is 7.92. The van der Waals surface area contributed by atoms with Gasteiger partial charge in [-0.1, -0.05) is 0 Å². The van der Waals surface area contributed by atoms with Crippen molar-refractivity contribution in [2.45, 2.75) is 36.4 Å². The number of aliphatic hydroxyl groups is 1. The summed E-state index contributed by atoms with van der Waals surface area (Å²) in [5, 5.41) is 10.7. The quantitative estimate of drug-likeness (QED) is 0.221. The van der Waals surface area contributed by atoms with Crippen LogP contribution in [0.5, 0.6) is 0 Å². The van der Waals surface area contributed by atoms with Crippen LogP contribution >= 0.6 is 23.5 Å². The van der Waals surface area contributed by atoms with Gasteiger partial charge in [-0.25, -0.2) is 27.5 Å². The second-order valence-corrected chi connectivity index (χ2v) is 12.5. The van der Waals surface area contributed by atoms with E-state index in [9.17, 15) is 28.6 Å². The maximum atomic E-state index is 15.9. The van der Waals surface area contributed by atoms with Gasteiger partial charge in [0.05, 0.1) is 6.33 Å². The minimum atomic E-state index is -5.95. The first kappa shape index (κ1) is 27.4. The number of nitrogen functional groups attached to an aromatic ring is 1. The van der Waals surface area contributed by atoms with E-state index in [1.165, 1.54) is 4.90 Å². The summed E-state index contributed by atoms with van der Waals surface area (Å²) < 4.78 is 82.9. The Labute approximate surface area is 199 Å². The van der Waals surface area contributed by atoms with Gasteiger partial charge in [0, 0.05) is 14.1 Å². The largest absolute Gasteiger partial charge is 0.490 e. The fourth-order valence-electron chi connectivity index (χ4n) is 3.87. The molecule has 2 fully saturated rings. The van der Waals surface area contributed by atoms with Crippen LogP contribution in [0.1, 0.15) is 13.2 Å². The van der Waals surface area contributed by atoms with Gasteiger partial charge in [-0.3, -0.25) is 9.09 Å². The molecule has 0 radical (unpaired) electrons. The van der Waals surface area contributed by atoms with Gasteiger partial charge in [0.1, 0.15) is 0 Å². The molecule has 7 atom stereocenters. The molecule has 0 amide bonds. The Kier molecular flexibility index (Phi) is 6.03. The highest BCUT2D eigenvalue weighted by molar-refractivity contribution is 7.66. The monoisotopic (exact) mass is 582 g/mol. The summed E-state index contributed by atoms with van der Waals surface area (Å²) in [5.74, 6) is -3.54. The fraction of sp³-hybridized carbons (Fsp3) is 0.615. The van der Waals surface area contributed by atoms with Gasteiger partial charge in [0.15, 0.2) is 40.6 Å². The number of alkyl halides is 2. The van der Waals surface area contributed by atoms with Gasteiger partial charge in [0.2, 0.25) is 5.95 Å². The summed E-state index contributed by atoms with van der Waals surface area (Å²) in [6.45, 7) is 0.669. The Morgan fingerprint density at radius 1 is 1.14 bits per heavy atom. The van der Waals surface area contributed by atoms with Crippen molar-refractivity contribution in [3.8, 4) is 0 Å². The molecule has 2 aliphatic rings. The fourth-order valence-corrected chi connectivity index (χ4v) is 7.08. The standard InChI is InChI=1S/C13H19F2N6O12P3/c1-11(14)9(21-4-17-5-6(20(2)3)18-10(16)19-7(5)21)30-13(15)8(12(11,13)22)31-35(26,27)33-36(28,29)32-34(23,24)25/h4,8-9,22H,1-3H3,(H,26,27)(H,28,29)(H2,16,18,19)(H2,23,24,25)/t8?,9-,11+,12+,13-/m1/s1.